The first-order chi connectivity index (χ1) is 9.21. The van der Waals surface area contributed by atoms with E-state index in [0.717, 1.165) is 32.1 Å². The zero-order valence-corrected chi connectivity index (χ0v) is 14.2. The van der Waals surface area contributed by atoms with Crippen LogP contribution in [0.5, 0.6) is 0 Å². The van der Waals surface area contributed by atoms with Gasteiger partial charge in [0.15, 0.2) is 0 Å². The SMILES string of the molecule is CCOCC(C)(C)C1(OC(=O)C(C)(C)CC)CCCC1. The van der Waals surface area contributed by atoms with Gasteiger partial charge in [0.1, 0.15) is 5.60 Å². The highest BCUT2D eigenvalue weighted by Crippen LogP contribution is 2.48. The summed E-state index contributed by atoms with van der Waals surface area (Å²) >= 11 is 0. The third-order valence-electron chi connectivity index (χ3n) is 5.04. The predicted molar refractivity (Wildman–Crippen MR) is 81.6 cm³/mol. The van der Waals surface area contributed by atoms with E-state index in [1.165, 1.54) is 0 Å². The number of rotatable bonds is 7. The minimum Gasteiger partial charge on any atom is -0.458 e. The highest BCUT2D eigenvalue weighted by molar-refractivity contribution is 5.76. The number of ether oxygens (including phenoxy) is 2. The Kier molecular flexibility index (Phi) is 5.65. The molecule has 3 heteroatoms. The predicted octanol–water partition coefficient (Wildman–Crippen LogP) is 4.34. The molecule has 20 heavy (non-hydrogen) atoms. The topological polar surface area (TPSA) is 35.5 Å². The lowest BCUT2D eigenvalue weighted by atomic mass is 9.73. The van der Waals surface area contributed by atoms with Gasteiger partial charge in [0.05, 0.1) is 12.0 Å². The van der Waals surface area contributed by atoms with E-state index in [-0.39, 0.29) is 17.0 Å². The Labute approximate surface area is 124 Å². The Morgan fingerprint density at radius 1 is 1.10 bits per heavy atom. The maximum Gasteiger partial charge on any atom is 0.312 e. The van der Waals surface area contributed by atoms with Crippen LogP contribution in [0.15, 0.2) is 0 Å². The van der Waals surface area contributed by atoms with Crippen LogP contribution in [0.1, 0.15) is 73.6 Å². The van der Waals surface area contributed by atoms with Crippen molar-refractivity contribution in [2.24, 2.45) is 10.8 Å². The maximum atomic E-state index is 12.5. The third kappa shape index (κ3) is 3.55. The van der Waals surface area contributed by atoms with Gasteiger partial charge in [-0.15, -0.1) is 0 Å². The largest absolute Gasteiger partial charge is 0.458 e. The van der Waals surface area contributed by atoms with Crippen LogP contribution in [0.2, 0.25) is 0 Å². The summed E-state index contributed by atoms with van der Waals surface area (Å²) in [7, 11) is 0. The highest BCUT2D eigenvalue weighted by atomic mass is 16.6. The van der Waals surface area contributed by atoms with E-state index in [2.05, 4.69) is 13.8 Å². The number of hydrogen-bond acceptors (Lipinski definition) is 3. The Balaban J connectivity index is 2.90. The van der Waals surface area contributed by atoms with Crippen LogP contribution in [-0.4, -0.2) is 24.8 Å². The molecule has 0 aromatic heterocycles. The van der Waals surface area contributed by atoms with E-state index < -0.39 is 5.41 Å². The number of hydrogen-bond donors (Lipinski definition) is 0. The molecule has 1 aliphatic rings. The van der Waals surface area contributed by atoms with Crippen LogP contribution >= 0.6 is 0 Å². The summed E-state index contributed by atoms with van der Waals surface area (Å²) in [6.07, 6.45) is 4.98. The quantitative estimate of drug-likeness (QED) is 0.652. The van der Waals surface area contributed by atoms with Crippen LogP contribution in [0, 0.1) is 10.8 Å². The Morgan fingerprint density at radius 3 is 2.10 bits per heavy atom. The van der Waals surface area contributed by atoms with Crippen molar-refractivity contribution in [3.63, 3.8) is 0 Å². The molecule has 1 saturated carbocycles. The van der Waals surface area contributed by atoms with E-state index in [4.69, 9.17) is 9.47 Å². The van der Waals surface area contributed by atoms with Gasteiger partial charge in [-0.3, -0.25) is 4.79 Å². The molecular weight excluding hydrogens is 252 g/mol. The number of carbonyl (C=O) groups excluding carboxylic acids is 1. The lowest BCUT2D eigenvalue weighted by molar-refractivity contribution is -0.189. The summed E-state index contributed by atoms with van der Waals surface area (Å²) in [6, 6.07) is 0. The molecule has 0 atom stereocenters. The van der Waals surface area contributed by atoms with Crippen LogP contribution in [0.4, 0.5) is 0 Å². The summed E-state index contributed by atoms with van der Waals surface area (Å²) in [5.74, 6) is -0.0635. The molecule has 0 aromatic rings. The van der Waals surface area contributed by atoms with Gasteiger partial charge in [0.2, 0.25) is 0 Å². The lowest BCUT2D eigenvalue weighted by Gasteiger charge is -2.44. The smallest absolute Gasteiger partial charge is 0.312 e. The maximum absolute atomic E-state index is 12.5. The van der Waals surface area contributed by atoms with Crippen molar-refractivity contribution in [1.82, 2.24) is 0 Å². The molecule has 0 saturated heterocycles. The van der Waals surface area contributed by atoms with Gasteiger partial charge < -0.3 is 9.47 Å². The molecule has 0 bridgehead atoms. The minimum atomic E-state index is -0.405. The van der Waals surface area contributed by atoms with E-state index in [9.17, 15) is 4.79 Å². The first-order valence-corrected chi connectivity index (χ1v) is 8.02. The average Bonchev–Trinajstić information content (AvgIpc) is 2.86. The molecular formula is C17H32O3. The molecule has 0 N–H and O–H groups in total. The summed E-state index contributed by atoms with van der Waals surface area (Å²) in [4.78, 5) is 12.5. The number of esters is 1. The molecule has 0 amide bonds. The van der Waals surface area contributed by atoms with E-state index in [0.29, 0.717) is 13.2 Å². The van der Waals surface area contributed by atoms with E-state index in [1.807, 2.05) is 27.7 Å². The second kappa shape index (κ2) is 6.46. The molecule has 0 aliphatic heterocycles. The monoisotopic (exact) mass is 284 g/mol. The Bertz CT molecular complexity index is 325. The van der Waals surface area contributed by atoms with Crippen molar-refractivity contribution in [3.05, 3.63) is 0 Å². The van der Waals surface area contributed by atoms with Gasteiger partial charge in [-0.05, 0) is 52.9 Å². The fourth-order valence-corrected chi connectivity index (χ4v) is 2.81. The van der Waals surface area contributed by atoms with Crippen molar-refractivity contribution in [3.8, 4) is 0 Å². The third-order valence-corrected chi connectivity index (χ3v) is 5.04. The first-order valence-electron chi connectivity index (χ1n) is 8.02. The Morgan fingerprint density at radius 2 is 1.65 bits per heavy atom. The summed E-state index contributed by atoms with van der Waals surface area (Å²) in [5.41, 5.74) is -0.901. The molecule has 0 heterocycles. The molecule has 3 nitrogen and oxygen atoms in total. The van der Waals surface area contributed by atoms with Gasteiger partial charge in [-0.2, -0.15) is 0 Å². The van der Waals surface area contributed by atoms with Gasteiger partial charge in [0, 0.05) is 12.0 Å². The molecule has 0 unspecified atom stereocenters. The average molecular weight is 284 g/mol. The summed E-state index contributed by atoms with van der Waals surface area (Å²) in [5, 5.41) is 0. The molecule has 0 aromatic carbocycles. The minimum absolute atomic E-state index is 0.0635. The van der Waals surface area contributed by atoms with Crippen molar-refractivity contribution in [1.29, 1.82) is 0 Å². The van der Waals surface area contributed by atoms with Gasteiger partial charge in [0.25, 0.3) is 0 Å². The zero-order chi connectivity index (χ0) is 15.4. The van der Waals surface area contributed by atoms with Crippen molar-refractivity contribution in [2.75, 3.05) is 13.2 Å². The fraction of sp³-hybridized carbons (Fsp3) is 0.941. The highest BCUT2D eigenvalue weighted by Gasteiger charge is 2.51. The van der Waals surface area contributed by atoms with Crippen LogP contribution in [-0.2, 0) is 14.3 Å². The van der Waals surface area contributed by atoms with Gasteiger partial charge in [-0.25, -0.2) is 0 Å². The molecule has 118 valence electrons. The summed E-state index contributed by atoms with van der Waals surface area (Å²) in [6.45, 7) is 13.6. The second-order valence-electron chi connectivity index (χ2n) is 7.35. The normalized spacial score (nSPS) is 19.1. The molecule has 1 aliphatic carbocycles. The fourth-order valence-electron chi connectivity index (χ4n) is 2.81. The van der Waals surface area contributed by atoms with Crippen LogP contribution < -0.4 is 0 Å². The number of carbonyl (C=O) groups is 1. The van der Waals surface area contributed by atoms with E-state index in [1.54, 1.807) is 0 Å². The van der Waals surface area contributed by atoms with Crippen molar-refractivity contribution in [2.45, 2.75) is 79.2 Å². The molecule has 1 rings (SSSR count). The Hall–Kier alpha value is -0.570. The van der Waals surface area contributed by atoms with Crippen LogP contribution in [0.3, 0.4) is 0 Å². The zero-order valence-electron chi connectivity index (χ0n) is 14.2. The second-order valence-corrected chi connectivity index (χ2v) is 7.35. The van der Waals surface area contributed by atoms with Gasteiger partial charge >= 0.3 is 5.97 Å². The standard InChI is InChI=1S/C17H32O3/c1-7-15(3,4)14(18)20-17(11-9-10-12-17)16(5,6)13-19-8-2/h7-13H2,1-6H3. The van der Waals surface area contributed by atoms with Gasteiger partial charge in [-0.1, -0.05) is 20.8 Å². The first kappa shape index (κ1) is 17.5. The van der Waals surface area contributed by atoms with Crippen molar-refractivity contribution < 1.29 is 14.3 Å². The molecule has 0 spiro atoms. The lowest BCUT2D eigenvalue weighted by Crippen LogP contribution is -2.50. The molecule has 0 radical (unpaired) electrons. The van der Waals surface area contributed by atoms with Crippen molar-refractivity contribution >= 4 is 5.97 Å². The molecule has 1 fully saturated rings. The van der Waals surface area contributed by atoms with E-state index >= 15 is 0 Å². The van der Waals surface area contributed by atoms with Crippen LogP contribution in [0.25, 0.3) is 0 Å². The summed E-state index contributed by atoms with van der Waals surface area (Å²) < 4.78 is 11.7.